The Morgan fingerprint density at radius 1 is 1.07 bits per heavy atom. The zero-order chi connectivity index (χ0) is 12.9. The fourth-order valence-electron chi connectivity index (χ4n) is 0.779. The van der Waals surface area contributed by atoms with Crippen LogP contribution in [0.1, 0.15) is 60.8 Å². The second-order valence-electron chi connectivity index (χ2n) is 2.52. The predicted octanol–water partition coefficient (Wildman–Crippen LogP) is 5.15. The van der Waals surface area contributed by atoms with Crippen LogP contribution in [0.15, 0.2) is 0 Å². The lowest BCUT2D eigenvalue weighted by Crippen LogP contribution is -2.21. The summed E-state index contributed by atoms with van der Waals surface area (Å²) in [6.45, 7) is 11.4. The van der Waals surface area contributed by atoms with Gasteiger partial charge in [-0.15, -0.1) is 13.2 Å². The highest BCUT2D eigenvalue weighted by molar-refractivity contribution is 4.50. The highest BCUT2D eigenvalue weighted by Crippen LogP contribution is 2.20. The van der Waals surface area contributed by atoms with Crippen molar-refractivity contribution < 1.29 is 17.9 Å². The molecule has 4 heteroatoms. The summed E-state index contributed by atoms with van der Waals surface area (Å²) in [5.74, 6) is 0. The second-order valence-corrected chi connectivity index (χ2v) is 2.52. The first-order chi connectivity index (χ1) is 6.95. The van der Waals surface area contributed by atoms with Gasteiger partial charge in [0.05, 0.1) is 6.10 Å². The molecule has 96 valence electrons. The number of halogens is 3. The largest absolute Gasteiger partial charge is 0.522 e. The lowest BCUT2D eigenvalue weighted by atomic mass is 10.2. The molecular weight excluding hydrogens is 205 g/mol. The van der Waals surface area contributed by atoms with E-state index in [0.29, 0.717) is 6.42 Å². The summed E-state index contributed by atoms with van der Waals surface area (Å²) < 4.78 is 38.3. The van der Waals surface area contributed by atoms with Crippen LogP contribution in [0, 0.1) is 0 Å². The summed E-state index contributed by atoms with van der Waals surface area (Å²) in [7, 11) is 0. The summed E-state index contributed by atoms with van der Waals surface area (Å²) >= 11 is 0. The minimum Gasteiger partial charge on any atom is -0.289 e. The first-order valence-electron chi connectivity index (χ1n) is 5.70. The molecular formula is C11H25F3O. The molecule has 0 heterocycles. The summed E-state index contributed by atoms with van der Waals surface area (Å²) in [6, 6.07) is 0. The zero-order valence-corrected chi connectivity index (χ0v) is 10.7. The minimum absolute atomic E-state index is 0.468. The fourth-order valence-corrected chi connectivity index (χ4v) is 0.779. The molecule has 0 aliphatic rings. The van der Waals surface area contributed by atoms with Gasteiger partial charge in [0.2, 0.25) is 0 Å². The summed E-state index contributed by atoms with van der Waals surface area (Å²) in [6.07, 6.45) is -3.05. The predicted molar refractivity (Wildman–Crippen MR) is 58.8 cm³/mol. The van der Waals surface area contributed by atoms with E-state index in [9.17, 15) is 13.2 Å². The summed E-state index contributed by atoms with van der Waals surface area (Å²) in [5, 5.41) is 0. The maximum Gasteiger partial charge on any atom is 0.522 e. The van der Waals surface area contributed by atoms with Crippen LogP contribution in [0.5, 0.6) is 0 Å². The Morgan fingerprint density at radius 3 is 1.73 bits per heavy atom. The molecule has 1 atom stereocenters. The first kappa shape index (κ1) is 20.2. The number of alkyl halides is 3. The normalized spacial score (nSPS) is 11.8. The van der Waals surface area contributed by atoms with Crippen molar-refractivity contribution in [3.05, 3.63) is 0 Å². The molecule has 0 fully saturated rings. The van der Waals surface area contributed by atoms with Gasteiger partial charge in [-0.25, -0.2) is 0 Å². The van der Waals surface area contributed by atoms with E-state index in [-0.39, 0.29) is 0 Å². The third kappa shape index (κ3) is 24.8. The molecule has 15 heavy (non-hydrogen) atoms. The van der Waals surface area contributed by atoms with Crippen molar-refractivity contribution >= 4 is 0 Å². The molecule has 0 aromatic heterocycles. The molecule has 0 radical (unpaired) electrons. The van der Waals surface area contributed by atoms with Gasteiger partial charge in [-0.05, 0) is 13.3 Å². The van der Waals surface area contributed by atoms with E-state index in [1.165, 1.54) is 6.92 Å². The third-order valence-electron chi connectivity index (χ3n) is 1.30. The zero-order valence-electron chi connectivity index (χ0n) is 10.7. The van der Waals surface area contributed by atoms with Crippen LogP contribution in [0.4, 0.5) is 13.2 Å². The van der Waals surface area contributed by atoms with Crippen molar-refractivity contribution in [3.8, 4) is 0 Å². The molecule has 0 aromatic rings. The van der Waals surface area contributed by atoms with Gasteiger partial charge in [0.15, 0.2) is 0 Å². The van der Waals surface area contributed by atoms with E-state index in [4.69, 9.17) is 0 Å². The van der Waals surface area contributed by atoms with Gasteiger partial charge in [-0.2, -0.15) is 0 Å². The van der Waals surface area contributed by atoms with Crippen LogP contribution in [0.25, 0.3) is 0 Å². The molecule has 1 unspecified atom stereocenters. The van der Waals surface area contributed by atoms with E-state index in [1.807, 2.05) is 34.6 Å². The highest BCUT2D eigenvalue weighted by Gasteiger charge is 2.31. The minimum atomic E-state index is -4.48. The lowest BCUT2D eigenvalue weighted by molar-refractivity contribution is -0.340. The van der Waals surface area contributed by atoms with E-state index in [2.05, 4.69) is 4.74 Å². The Balaban J connectivity index is -0.000000318. The lowest BCUT2D eigenvalue weighted by Gasteiger charge is -2.13. The smallest absolute Gasteiger partial charge is 0.289 e. The highest BCUT2D eigenvalue weighted by atomic mass is 19.4. The van der Waals surface area contributed by atoms with E-state index >= 15 is 0 Å². The fraction of sp³-hybridized carbons (Fsp3) is 1.00. The summed E-state index contributed by atoms with van der Waals surface area (Å²) in [5.41, 5.74) is 0. The average Bonchev–Trinajstić information content (AvgIpc) is 2.18. The van der Waals surface area contributed by atoms with Gasteiger partial charge in [-0.3, -0.25) is 4.74 Å². The molecule has 0 saturated carbocycles. The van der Waals surface area contributed by atoms with Gasteiger partial charge in [0, 0.05) is 0 Å². The van der Waals surface area contributed by atoms with E-state index < -0.39 is 12.5 Å². The molecule has 0 spiro atoms. The Hall–Kier alpha value is -0.250. The molecule has 0 N–H and O–H groups in total. The standard InChI is InChI=1S/C7H13F3O.2C2H6/c1-3-4-5-6(2)11-7(8,9)10;2*1-2/h6H,3-5H2,1-2H3;2*1-2H3. The van der Waals surface area contributed by atoms with E-state index in [1.54, 1.807) is 0 Å². The van der Waals surface area contributed by atoms with Gasteiger partial charge in [0.1, 0.15) is 0 Å². The molecule has 0 saturated heterocycles. The Kier molecular flexibility index (Phi) is 18.5. The van der Waals surface area contributed by atoms with Gasteiger partial charge in [0.25, 0.3) is 0 Å². The molecule has 0 aromatic carbocycles. The van der Waals surface area contributed by atoms with Crippen molar-refractivity contribution in [1.82, 2.24) is 0 Å². The van der Waals surface area contributed by atoms with Crippen LogP contribution in [0.3, 0.4) is 0 Å². The van der Waals surface area contributed by atoms with Crippen LogP contribution in [0.2, 0.25) is 0 Å². The van der Waals surface area contributed by atoms with Gasteiger partial charge >= 0.3 is 6.36 Å². The maximum absolute atomic E-state index is 11.5. The maximum atomic E-state index is 11.5. The second kappa shape index (κ2) is 13.8. The van der Waals surface area contributed by atoms with Gasteiger partial charge in [-0.1, -0.05) is 47.5 Å². The van der Waals surface area contributed by atoms with Crippen LogP contribution < -0.4 is 0 Å². The van der Waals surface area contributed by atoms with Crippen molar-refractivity contribution in [3.63, 3.8) is 0 Å². The molecule has 0 aliphatic heterocycles. The molecule has 0 aliphatic carbocycles. The monoisotopic (exact) mass is 230 g/mol. The van der Waals surface area contributed by atoms with Crippen LogP contribution in [-0.2, 0) is 4.74 Å². The van der Waals surface area contributed by atoms with Gasteiger partial charge < -0.3 is 0 Å². The quantitative estimate of drug-likeness (QED) is 0.648. The third-order valence-corrected chi connectivity index (χ3v) is 1.30. The molecule has 0 bridgehead atoms. The number of unbranched alkanes of at least 4 members (excludes halogenated alkanes) is 1. The Morgan fingerprint density at radius 2 is 1.47 bits per heavy atom. The average molecular weight is 230 g/mol. The van der Waals surface area contributed by atoms with E-state index in [0.717, 1.165) is 12.8 Å². The Labute approximate surface area is 92.0 Å². The SMILES string of the molecule is CC.CC.CCCCC(C)OC(F)(F)F. The number of rotatable bonds is 4. The summed E-state index contributed by atoms with van der Waals surface area (Å²) in [4.78, 5) is 0. The van der Waals surface area contributed by atoms with Crippen molar-refractivity contribution in [2.24, 2.45) is 0 Å². The molecule has 0 amide bonds. The first-order valence-corrected chi connectivity index (χ1v) is 5.70. The van der Waals surface area contributed by atoms with Crippen LogP contribution >= 0.6 is 0 Å². The van der Waals surface area contributed by atoms with Crippen LogP contribution in [-0.4, -0.2) is 12.5 Å². The number of hydrogen-bond acceptors (Lipinski definition) is 1. The van der Waals surface area contributed by atoms with Crippen molar-refractivity contribution in [2.75, 3.05) is 0 Å². The van der Waals surface area contributed by atoms with Crippen molar-refractivity contribution in [2.45, 2.75) is 73.3 Å². The molecule has 0 rings (SSSR count). The Bertz CT molecular complexity index is 102. The number of hydrogen-bond donors (Lipinski definition) is 0. The number of ether oxygens (including phenoxy) is 1. The molecule has 1 nitrogen and oxygen atoms in total. The topological polar surface area (TPSA) is 9.23 Å². The van der Waals surface area contributed by atoms with Crippen molar-refractivity contribution in [1.29, 1.82) is 0 Å².